The van der Waals surface area contributed by atoms with Gasteiger partial charge in [0.15, 0.2) is 0 Å². The van der Waals surface area contributed by atoms with Crippen LogP contribution in [0.1, 0.15) is 29.2 Å². The number of hydrogen-bond acceptors (Lipinski definition) is 4. The Morgan fingerprint density at radius 3 is 2.02 bits per heavy atom. The Labute approximate surface area is 259 Å². The van der Waals surface area contributed by atoms with Crippen molar-refractivity contribution in [3.05, 3.63) is 130 Å². The number of rotatable bonds is 12. The van der Waals surface area contributed by atoms with E-state index in [1.165, 1.54) is 17.0 Å². The van der Waals surface area contributed by atoms with Gasteiger partial charge in [0.25, 0.3) is 10.0 Å². The number of carbonyl (C=O) groups is 2. The standard InChI is InChI=1S/C34H36ClN3O4S/c1-4-36-34(40)32(22-27-12-7-5-8-13-27)37(23-28-14-11-15-29(35)21-28)33(39)24-38(30-19-25(2)18-26(3)20-30)43(41,42)31-16-9-6-10-17-31/h5-21,32H,4,22-24H2,1-3H3,(H,36,40)/t32-/m1/s1. The van der Waals surface area contributed by atoms with E-state index in [0.717, 1.165) is 21.0 Å². The Morgan fingerprint density at radius 2 is 1.42 bits per heavy atom. The highest BCUT2D eigenvalue weighted by atomic mass is 35.5. The molecule has 0 fully saturated rings. The van der Waals surface area contributed by atoms with Crippen molar-refractivity contribution < 1.29 is 18.0 Å². The van der Waals surface area contributed by atoms with Gasteiger partial charge in [-0.25, -0.2) is 8.42 Å². The number of amides is 2. The molecule has 0 saturated heterocycles. The Bertz CT molecular complexity index is 1640. The molecule has 0 unspecified atom stereocenters. The minimum absolute atomic E-state index is 0.0557. The minimum Gasteiger partial charge on any atom is -0.355 e. The van der Waals surface area contributed by atoms with Crippen molar-refractivity contribution in [1.29, 1.82) is 0 Å². The third kappa shape index (κ3) is 8.24. The molecular weight excluding hydrogens is 582 g/mol. The number of likely N-dealkylation sites (N-methyl/N-ethyl adjacent to an activating group) is 1. The molecule has 9 heteroatoms. The van der Waals surface area contributed by atoms with Gasteiger partial charge in [-0.2, -0.15) is 0 Å². The maximum Gasteiger partial charge on any atom is 0.264 e. The summed E-state index contributed by atoms with van der Waals surface area (Å²) in [5.74, 6) is -0.851. The molecule has 0 aromatic heterocycles. The van der Waals surface area contributed by atoms with Gasteiger partial charge in [0.1, 0.15) is 12.6 Å². The molecule has 4 rings (SSSR count). The monoisotopic (exact) mass is 617 g/mol. The van der Waals surface area contributed by atoms with Crippen molar-refractivity contribution in [3.8, 4) is 0 Å². The van der Waals surface area contributed by atoms with E-state index in [1.54, 1.807) is 48.5 Å². The lowest BCUT2D eigenvalue weighted by molar-refractivity contribution is -0.140. The molecule has 0 aliphatic heterocycles. The predicted molar refractivity (Wildman–Crippen MR) is 172 cm³/mol. The first kappa shape index (κ1) is 31.8. The number of aryl methyl sites for hydroxylation is 2. The van der Waals surface area contributed by atoms with E-state index in [-0.39, 0.29) is 23.8 Å². The second kappa shape index (κ2) is 14.4. The molecule has 43 heavy (non-hydrogen) atoms. The van der Waals surface area contributed by atoms with E-state index in [2.05, 4.69) is 5.32 Å². The number of sulfonamides is 1. The highest BCUT2D eigenvalue weighted by molar-refractivity contribution is 7.92. The normalized spacial score (nSPS) is 11.9. The van der Waals surface area contributed by atoms with Gasteiger partial charge in [0.05, 0.1) is 10.6 Å². The summed E-state index contributed by atoms with van der Waals surface area (Å²) < 4.78 is 29.3. The molecule has 1 atom stereocenters. The van der Waals surface area contributed by atoms with Gasteiger partial charge in [-0.3, -0.25) is 13.9 Å². The lowest BCUT2D eigenvalue weighted by Gasteiger charge is -2.34. The summed E-state index contributed by atoms with van der Waals surface area (Å²) in [6, 6.07) is 29.1. The van der Waals surface area contributed by atoms with Crippen LogP contribution in [0.25, 0.3) is 0 Å². The van der Waals surface area contributed by atoms with Crippen LogP contribution in [0.2, 0.25) is 5.02 Å². The van der Waals surface area contributed by atoms with E-state index in [4.69, 9.17) is 11.6 Å². The summed E-state index contributed by atoms with van der Waals surface area (Å²) in [5, 5.41) is 3.36. The van der Waals surface area contributed by atoms with Gasteiger partial charge in [0, 0.05) is 24.5 Å². The van der Waals surface area contributed by atoms with Gasteiger partial charge >= 0.3 is 0 Å². The lowest BCUT2D eigenvalue weighted by Crippen LogP contribution is -2.53. The Hall–Kier alpha value is -4.14. The first-order valence-corrected chi connectivity index (χ1v) is 15.9. The molecule has 7 nitrogen and oxygen atoms in total. The number of hydrogen-bond donors (Lipinski definition) is 1. The maximum atomic E-state index is 14.4. The fourth-order valence-electron chi connectivity index (χ4n) is 5.02. The first-order valence-electron chi connectivity index (χ1n) is 14.1. The van der Waals surface area contributed by atoms with Crippen molar-refractivity contribution in [2.45, 2.75) is 44.7 Å². The van der Waals surface area contributed by atoms with E-state index in [1.807, 2.05) is 63.2 Å². The molecule has 0 bridgehead atoms. The third-order valence-corrected chi connectivity index (χ3v) is 8.99. The van der Waals surface area contributed by atoms with Crippen LogP contribution < -0.4 is 9.62 Å². The zero-order chi connectivity index (χ0) is 31.0. The van der Waals surface area contributed by atoms with Crippen LogP contribution in [0.5, 0.6) is 0 Å². The number of benzene rings is 4. The Morgan fingerprint density at radius 1 is 0.814 bits per heavy atom. The molecule has 224 valence electrons. The van der Waals surface area contributed by atoms with Crippen LogP contribution in [0.4, 0.5) is 5.69 Å². The van der Waals surface area contributed by atoms with Crippen molar-refractivity contribution in [1.82, 2.24) is 10.2 Å². The molecule has 1 N–H and O–H groups in total. The van der Waals surface area contributed by atoms with Gasteiger partial charge < -0.3 is 10.2 Å². The molecule has 0 spiro atoms. The zero-order valence-electron chi connectivity index (χ0n) is 24.5. The average Bonchev–Trinajstić information content (AvgIpc) is 2.98. The smallest absolute Gasteiger partial charge is 0.264 e. The number of halogens is 1. The quantitative estimate of drug-likeness (QED) is 0.214. The van der Waals surface area contributed by atoms with Crippen molar-refractivity contribution >= 4 is 39.1 Å². The molecule has 2 amide bonds. The fraction of sp³-hybridized carbons (Fsp3) is 0.235. The topological polar surface area (TPSA) is 86.8 Å². The van der Waals surface area contributed by atoms with Crippen LogP contribution in [0.3, 0.4) is 0 Å². The van der Waals surface area contributed by atoms with Crippen LogP contribution in [0.15, 0.2) is 108 Å². The molecule has 0 aliphatic rings. The Balaban J connectivity index is 1.81. The van der Waals surface area contributed by atoms with E-state index in [0.29, 0.717) is 22.8 Å². The van der Waals surface area contributed by atoms with Crippen molar-refractivity contribution in [2.75, 3.05) is 17.4 Å². The molecule has 4 aromatic carbocycles. The molecule has 0 radical (unpaired) electrons. The van der Waals surface area contributed by atoms with Gasteiger partial charge in [0.2, 0.25) is 11.8 Å². The maximum absolute atomic E-state index is 14.4. The highest BCUT2D eigenvalue weighted by Crippen LogP contribution is 2.27. The zero-order valence-corrected chi connectivity index (χ0v) is 26.1. The van der Waals surface area contributed by atoms with Crippen LogP contribution >= 0.6 is 11.6 Å². The SMILES string of the molecule is CCNC(=O)[C@@H](Cc1ccccc1)N(Cc1cccc(Cl)c1)C(=O)CN(c1cc(C)cc(C)c1)S(=O)(=O)c1ccccc1. The molecule has 0 heterocycles. The third-order valence-electron chi connectivity index (χ3n) is 6.97. The minimum atomic E-state index is -4.15. The number of anilines is 1. The summed E-state index contributed by atoms with van der Waals surface area (Å²) in [6.45, 7) is 5.49. The second-order valence-electron chi connectivity index (χ2n) is 10.4. The van der Waals surface area contributed by atoms with Gasteiger partial charge in [-0.05, 0) is 79.4 Å². The second-order valence-corrected chi connectivity index (χ2v) is 12.7. The van der Waals surface area contributed by atoms with Crippen molar-refractivity contribution in [2.24, 2.45) is 0 Å². The van der Waals surface area contributed by atoms with Crippen LogP contribution in [0, 0.1) is 13.8 Å². The van der Waals surface area contributed by atoms with Crippen LogP contribution in [-0.4, -0.2) is 44.3 Å². The number of nitrogens with zero attached hydrogens (tertiary/aromatic N) is 2. The summed E-state index contributed by atoms with van der Waals surface area (Å²) in [7, 11) is -4.15. The summed E-state index contributed by atoms with van der Waals surface area (Å²) in [4.78, 5) is 29.5. The van der Waals surface area contributed by atoms with Crippen molar-refractivity contribution in [3.63, 3.8) is 0 Å². The largest absolute Gasteiger partial charge is 0.355 e. The average molecular weight is 618 g/mol. The number of nitrogens with one attached hydrogen (secondary N) is 1. The lowest BCUT2D eigenvalue weighted by atomic mass is 10.0. The number of carbonyl (C=O) groups excluding carboxylic acids is 2. The molecular formula is C34H36ClN3O4S. The highest BCUT2D eigenvalue weighted by Gasteiger charge is 2.34. The molecule has 0 saturated carbocycles. The fourth-order valence-corrected chi connectivity index (χ4v) is 6.65. The Kier molecular flexibility index (Phi) is 10.6. The van der Waals surface area contributed by atoms with Crippen LogP contribution in [-0.2, 0) is 32.6 Å². The van der Waals surface area contributed by atoms with E-state index < -0.39 is 28.5 Å². The summed E-state index contributed by atoms with van der Waals surface area (Å²) in [5.41, 5.74) is 3.67. The van der Waals surface area contributed by atoms with Gasteiger partial charge in [-0.1, -0.05) is 78.3 Å². The van der Waals surface area contributed by atoms with E-state index >= 15 is 0 Å². The molecule has 0 aliphatic carbocycles. The molecule has 4 aromatic rings. The van der Waals surface area contributed by atoms with Gasteiger partial charge in [-0.15, -0.1) is 0 Å². The summed E-state index contributed by atoms with van der Waals surface area (Å²) in [6.07, 6.45) is 0.244. The predicted octanol–water partition coefficient (Wildman–Crippen LogP) is 5.93. The first-order chi connectivity index (χ1) is 20.6. The summed E-state index contributed by atoms with van der Waals surface area (Å²) >= 11 is 6.28. The van der Waals surface area contributed by atoms with E-state index in [9.17, 15) is 18.0 Å².